The standard InChI is InChI=1S/C9H9O3/c1-12-9(11)8-4-2-3-7(5-8)6-10/h2-6,10H,1H3. The summed E-state index contributed by atoms with van der Waals surface area (Å²) in [7, 11) is 1.32. The Labute approximate surface area is 70.6 Å². The highest BCUT2D eigenvalue weighted by atomic mass is 16.5. The third-order valence-corrected chi connectivity index (χ3v) is 1.46. The fraction of sp³-hybridized carbons (Fsp3) is 0.111. The summed E-state index contributed by atoms with van der Waals surface area (Å²) < 4.78 is 4.50. The second-order valence-corrected chi connectivity index (χ2v) is 2.25. The van der Waals surface area contributed by atoms with Gasteiger partial charge in [-0.15, -0.1) is 0 Å². The fourth-order valence-electron chi connectivity index (χ4n) is 0.864. The highest BCUT2D eigenvalue weighted by Crippen LogP contribution is 2.06. The molecule has 0 unspecified atom stereocenters. The van der Waals surface area contributed by atoms with Gasteiger partial charge in [0.2, 0.25) is 0 Å². The number of ether oxygens (including phenoxy) is 1. The van der Waals surface area contributed by atoms with Gasteiger partial charge in [0.15, 0.2) is 0 Å². The van der Waals surface area contributed by atoms with Gasteiger partial charge < -0.3 is 9.84 Å². The number of aliphatic hydroxyl groups is 1. The first-order chi connectivity index (χ1) is 5.77. The maximum Gasteiger partial charge on any atom is 0.337 e. The average Bonchev–Trinajstić information content (AvgIpc) is 2.17. The van der Waals surface area contributed by atoms with E-state index in [0.29, 0.717) is 11.1 Å². The molecule has 0 aromatic heterocycles. The Balaban J connectivity index is 2.93. The zero-order chi connectivity index (χ0) is 8.97. The van der Waals surface area contributed by atoms with Crippen molar-refractivity contribution in [1.82, 2.24) is 0 Å². The number of methoxy groups -OCH3 is 1. The summed E-state index contributed by atoms with van der Waals surface area (Å²) in [6.45, 7) is 0.937. The average molecular weight is 165 g/mol. The first-order valence-corrected chi connectivity index (χ1v) is 3.43. The molecular weight excluding hydrogens is 156 g/mol. The van der Waals surface area contributed by atoms with Crippen LogP contribution in [0.1, 0.15) is 15.9 Å². The van der Waals surface area contributed by atoms with E-state index in [1.54, 1.807) is 24.3 Å². The van der Waals surface area contributed by atoms with Gasteiger partial charge in [-0.2, -0.15) is 0 Å². The van der Waals surface area contributed by atoms with Crippen molar-refractivity contribution in [3.8, 4) is 0 Å². The normalized spacial score (nSPS) is 9.50. The fourth-order valence-corrected chi connectivity index (χ4v) is 0.864. The monoisotopic (exact) mass is 165 g/mol. The van der Waals surface area contributed by atoms with Crippen LogP contribution >= 0.6 is 0 Å². The van der Waals surface area contributed by atoms with Crippen LogP contribution in [-0.4, -0.2) is 18.2 Å². The van der Waals surface area contributed by atoms with Crippen LogP contribution < -0.4 is 0 Å². The molecule has 1 radical (unpaired) electrons. The molecule has 0 spiro atoms. The Morgan fingerprint density at radius 2 is 2.33 bits per heavy atom. The number of carbonyl (C=O) groups is 1. The molecular formula is C9H9O3. The van der Waals surface area contributed by atoms with Crippen LogP contribution in [0.2, 0.25) is 0 Å². The van der Waals surface area contributed by atoms with Crippen molar-refractivity contribution >= 4 is 5.97 Å². The van der Waals surface area contributed by atoms with Gasteiger partial charge in [0.25, 0.3) is 0 Å². The Kier molecular flexibility index (Phi) is 2.82. The molecule has 12 heavy (non-hydrogen) atoms. The first-order valence-electron chi connectivity index (χ1n) is 3.43. The van der Waals surface area contributed by atoms with Gasteiger partial charge in [-0.1, -0.05) is 12.1 Å². The topological polar surface area (TPSA) is 46.5 Å². The van der Waals surface area contributed by atoms with Crippen molar-refractivity contribution < 1.29 is 14.6 Å². The van der Waals surface area contributed by atoms with E-state index in [1.165, 1.54) is 7.11 Å². The largest absolute Gasteiger partial charge is 0.465 e. The Morgan fingerprint density at radius 3 is 2.92 bits per heavy atom. The highest BCUT2D eigenvalue weighted by molar-refractivity contribution is 5.89. The quantitative estimate of drug-likeness (QED) is 0.673. The van der Waals surface area contributed by atoms with E-state index in [4.69, 9.17) is 5.11 Å². The number of hydrogen-bond acceptors (Lipinski definition) is 3. The second-order valence-electron chi connectivity index (χ2n) is 2.25. The van der Waals surface area contributed by atoms with Crippen molar-refractivity contribution in [2.75, 3.05) is 7.11 Å². The molecule has 0 aliphatic rings. The lowest BCUT2D eigenvalue weighted by Crippen LogP contribution is -2.01. The lowest BCUT2D eigenvalue weighted by molar-refractivity contribution is 0.0600. The van der Waals surface area contributed by atoms with Crippen molar-refractivity contribution in [2.24, 2.45) is 0 Å². The summed E-state index contributed by atoms with van der Waals surface area (Å²) in [6, 6.07) is 6.53. The molecule has 1 aromatic rings. The molecule has 63 valence electrons. The maximum absolute atomic E-state index is 11.0. The van der Waals surface area contributed by atoms with E-state index in [-0.39, 0.29) is 0 Å². The third-order valence-electron chi connectivity index (χ3n) is 1.46. The Hall–Kier alpha value is -1.35. The van der Waals surface area contributed by atoms with Crippen molar-refractivity contribution in [3.05, 3.63) is 42.0 Å². The van der Waals surface area contributed by atoms with Crippen LogP contribution in [-0.2, 0) is 4.74 Å². The smallest absolute Gasteiger partial charge is 0.337 e. The summed E-state index contributed by atoms with van der Waals surface area (Å²) in [5.74, 6) is -0.404. The number of benzene rings is 1. The predicted octanol–water partition coefficient (Wildman–Crippen LogP) is 1.36. The van der Waals surface area contributed by atoms with Gasteiger partial charge in [0.1, 0.15) is 6.61 Å². The number of carbonyl (C=O) groups excluding carboxylic acids is 1. The lowest BCUT2D eigenvalue weighted by Gasteiger charge is -1.99. The van der Waals surface area contributed by atoms with Crippen LogP contribution in [0.3, 0.4) is 0 Å². The van der Waals surface area contributed by atoms with Gasteiger partial charge in [-0.25, -0.2) is 4.79 Å². The first kappa shape index (κ1) is 8.74. The molecule has 0 bridgehead atoms. The third kappa shape index (κ3) is 1.83. The van der Waals surface area contributed by atoms with E-state index in [9.17, 15) is 4.79 Å². The van der Waals surface area contributed by atoms with Crippen LogP contribution in [0.5, 0.6) is 0 Å². The molecule has 1 N–H and O–H groups in total. The van der Waals surface area contributed by atoms with Crippen LogP contribution in [0.25, 0.3) is 0 Å². The van der Waals surface area contributed by atoms with E-state index in [2.05, 4.69) is 4.74 Å². The van der Waals surface area contributed by atoms with Crippen molar-refractivity contribution in [3.63, 3.8) is 0 Å². The molecule has 3 nitrogen and oxygen atoms in total. The molecule has 3 heteroatoms. The summed E-state index contributed by atoms with van der Waals surface area (Å²) in [6.07, 6.45) is 0. The lowest BCUT2D eigenvalue weighted by atomic mass is 10.1. The number of aliphatic hydroxyl groups excluding tert-OH is 1. The SMILES string of the molecule is COC(=O)c1cccc([CH]O)c1. The predicted molar refractivity (Wildman–Crippen MR) is 43.1 cm³/mol. The molecule has 1 rings (SSSR count). The molecule has 0 atom stereocenters. The van der Waals surface area contributed by atoms with Gasteiger partial charge in [0, 0.05) is 0 Å². The minimum atomic E-state index is -0.404. The van der Waals surface area contributed by atoms with Crippen molar-refractivity contribution in [1.29, 1.82) is 0 Å². The van der Waals surface area contributed by atoms with Crippen LogP contribution in [0.4, 0.5) is 0 Å². The summed E-state index contributed by atoms with van der Waals surface area (Å²) >= 11 is 0. The summed E-state index contributed by atoms with van der Waals surface area (Å²) in [5, 5.41) is 8.64. The molecule has 0 fully saturated rings. The van der Waals surface area contributed by atoms with E-state index >= 15 is 0 Å². The zero-order valence-corrected chi connectivity index (χ0v) is 6.65. The molecule has 0 aliphatic heterocycles. The molecule has 0 saturated carbocycles. The molecule has 0 amide bonds. The van der Waals surface area contributed by atoms with Crippen LogP contribution in [0.15, 0.2) is 24.3 Å². The Morgan fingerprint density at radius 1 is 1.58 bits per heavy atom. The Bertz CT molecular complexity index is 281. The van der Waals surface area contributed by atoms with Gasteiger partial charge >= 0.3 is 5.97 Å². The van der Waals surface area contributed by atoms with Gasteiger partial charge in [-0.3, -0.25) is 0 Å². The number of esters is 1. The maximum atomic E-state index is 11.0. The van der Waals surface area contributed by atoms with Gasteiger partial charge in [-0.05, 0) is 17.7 Å². The van der Waals surface area contributed by atoms with E-state index in [0.717, 1.165) is 6.61 Å². The second kappa shape index (κ2) is 3.88. The van der Waals surface area contributed by atoms with Crippen LogP contribution in [0, 0.1) is 6.61 Å². The molecule has 1 aromatic carbocycles. The minimum absolute atomic E-state index is 0.404. The summed E-state index contributed by atoms with van der Waals surface area (Å²) in [4.78, 5) is 11.0. The van der Waals surface area contributed by atoms with E-state index < -0.39 is 5.97 Å². The number of rotatable bonds is 2. The zero-order valence-electron chi connectivity index (χ0n) is 6.65. The van der Waals surface area contributed by atoms with Gasteiger partial charge in [0.05, 0.1) is 12.7 Å². The minimum Gasteiger partial charge on any atom is -0.465 e. The molecule has 0 saturated heterocycles. The molecule has 0 aliphatic carbocycles. The van der Waals surface area contributed by atoms with Crippen molar-refractivity contribution in [2.45, 2.75) is 0 Å². The number of hydrogen-bond donors (Lipinski definition) is 1. The van der Waals surface area contributed by atoms with E-state index in [1.807, 2.05) is 0 Å². The summed E-state index contributed by atoms with van der Waals surface area (Å²) in [5.41, 5.74) is 1.01. The highest BCUT2D eigenvalue weighted by Gasteiger charge is 2.04. The molecule has 0 heterocycles.